The first-order chi connectivity index (χ1) is 9.34. The fraction of sp³-hybridized carbons (Fsp3) is 0.154. The summed E-state index contributed by atoms with van der Waals surface area (Å²) in [4.78, 5) is 3.78. The molecule has 1 aromatic carbocycles. The lowest BCUT2D eigenvalue weighted by Gasteiger charge is -2.13. The maximum absolute atomic E-state index is 12.8. The van der Waals surface area contributed by atoms with Gasteiger partial charge in [0.15, 0.2) is 0 Å². The van der Waals surface area contributed by atoms with Crippen LogP contribution in [0.3, 0.4) is 0 Å². The van der Waals surface area contributed by atoms with Crippen molar-refractivity contribution in [2.45, 2.75) is 6.18 Å². The largest absolute Gasteiger partial charge is 0.496 e. The molecule has 0 radical (unpaired) electrons. The highest BCUT2D eigenvalue weighted by molar-refractivity contribution is 6.39. The summed E-state index contributed by atoms with van der Waals surface area (Å²) in [5.74, 6) is -0.335. The second kappa shape index (κ2) is 5.50. The Morgan fingerprint density at radius 2 is 1.75 bits per heavy atom. The number of ether oxygens (including phenoxy) is 1. The van der Waals surface area contributed by atoms with Gasteiger partial charge in [0.1, 0.15) is 11.3 Å². The van der Waals surface area contributed by atoms with E-state index in [1.165, 1.54) is 0 Å². The van der Waals surface area contributed by atoms with Crippen LogP contribution in [0.2, 0.25) is 10.0 Å². The minimum atomic E-state index is -4.54. The van der Waals surface area contributed by atoms with E-state index in [9.17, 15) is 13.2 Å². The summed E-state index contributed by atoms with van der Waals surface area (Å²) in [7, 11) is 1.16. The molecule has 0 bridgehead atoms. The van der Waals surface area contributed by atoms with Gasteiger partial charge < -0.3 is 4.74 Å². The number of hydrogen-bond acceptors (Lipinski definition) is 2. The van der Waals surface area contributed by atoms with Gasteiger partial charge in [0.05, 0.1) is 22.8 Å². The molecule has 1 heterocycles. The van der Waals surface area contributed by atoms with Crippen molar-refractivity contribution in [3.8, 4) is 17.0 Å². The van der Waals surface area contributed by atoms with Gasteiger partial charge >= 0.3 is 6.18 Å². The molecule has 0 saturated carbocycles. The van der Waals surface area contributed by atoms with Crippen molar-refractivity contribution in [1.29, 1.82) is 0 Å². The standard InChI is InChI=1S/C13H8Cl2F3NO/c1-20-11-5-10(19-6-7(11)13(16,17)18)12-8(14)3-2-4-9(12)15/h2-6H,1H3. The highest BCUT2D eigenvalue weighted by Gasteiger charge is 2.35. The third-order valence-electron chi connectivity index (χ3n) is 2.61. The second-order valence-corrected chi connectivity index (χ2v) is 4.68. The summed E-state index contributed by atoms with van der Waals surface area (Å²) < 4.78 is 43.0. The molecule has 7 heteroatoms. The molecule has 0 amide bonds. The van der Waals surface area contributed by atoms with E-state index in [-0.39, 0.29) is 11.4 Å². The van der Waals surface area contributed by atoms with Gasteiger partial charge in [-0.1, -0.05) is 29.3 Å². The molecule has 1 aromatic heterocycles. The Morgan fingerprint density at radius 3 is 2.25 bits per heavy atom. The molecule has 0 fully saturated rings. The normalized spacial score (nSPS) is 11.5. The molecular weight excluding hydrogens is 314 g/mol. The molecule has 20 heavy (non-hydrogen) atoms. The zero-order valence-corrected chi connectivity index (χ0v) is 11.6. The molecule has 2 rings (SSSR count). The van der Waals surface area contributed by atoms with E-state index < -0.39 is 11.7 Å². The highest BCUT2D eigenvalue weighted by Crippen LogP contribution is 2.40. The first-order valence-corrected chi connectivity index (χ1v) is 6.16. The average molecular weight is 322 g/mol. The monoisotopic (exact) mass is 321 g/mol. The van der Waals surface area contributed by atoms with Gasteiger partial charge in [0, 0.05) is 17.8 Å². The Hall–Kier alpha value is -1.46. The Bertz CT molecular complexity index is 624. The van der Waals surface area contributed by atoms with E-state index in [0.29, 0.717) is 21.8 Å². The lowest BCUT2D eigenvalue weighted by atomic mass is 10.1. The Morgan fingerprint density at radius 1 is 1.15 bits per heavy atom. The van der Waals surface area contributed by atoms with Crippen LogP contribution in [0.4, 0.5) is 13.2 Å². The zero-order chi connectivity index (χ0) is 14.9. The van der Waals surface area contributed by atoms with Crippen LogP contribution >= 0.6 is 23.2 Å². The SMILES string of the molecule is COc1cc(-c2c(Cl)cccc2Cl)ncc1C(F)(F)F. The Labute approximate surface area is 123 Å². The fourth-order valence-corrected chi connectivity index (χ4v) is 2.29. The van der Waals surface area contributed by atoms with Gasteiger partial charge in [-0.05, 0) is 12.1 Å². The maximum Gasteiger partial charge on any atom is 0.421 e. The summed E-state index contributed by atoms with van der Waals surface area (Å²) >= 11 is 12.0. The van der Waals surface area contributed by atoms with Gasteiger partial charge in [0.25, 0.3) is 0 Å². The smallest absolute Gasteiger partial charge is 0.421 e. The highest BCUT2D eigenvalue weighted by atomic mass is 35.5. The lowest BCUT2D eigenvalue weighted by molar-refractivity contribution is -0.139. The lowest BCUT2D eigenvalue weighted by Crippen LogP contribution is -2.08. The third-order valence-corrected chi connectivity index (χ3v) is 3.24. The first-order valence-electron chi connectivity index (χ1n) is 5.40. The molecule has 0 aliphatic heterocycles. The van der Waals surface area contributed by atoms with Crippen molar-refractivity contribution in [3.63, 3.8) is 0 Å². The van der Waals surface area contributed by atoms with Crippen LogP contribution in [0, 0.1) is 0 Å². The number of halogens is 5. The number of alkyl halides is 3. The topological polar surface area (TPSA) is 22.1 Å². The molecule has 0 spiro atoms. The van der Waals surface area contributed by atoms with Crippen LogP contribution in [-0.2, 0) is 6.18 Å². The van der Waals surface area contributed by atoms with Gasteiger partial charge in [-0.25, -0.2) is 0 Å². The van der Waals surface area contributed by atoms with E-state index in [4.69, 9.17) is 27.9 Å². The second-order valence-electron chi connectivity index (χ2n) is 3.86. The number of rotatable bonds is 2. The first kappa shape index (κ1) is 14.9. The number of nitrogens with zero attached hydrogens (tertiary/aromatic N) is 1. The van der Waals surface area contributed by atoms with Crippen molar-refractivity contribution in [3.05, 3.63) is 46.1 Å². The van der Waals surface area contributed by atoms with Crippen molar-refractivity contribution < 1.29 is 17.9 Å². The van der Waals surface area contributed by atoms with E-state index in [0.717, 1.165) is 13.2 Å². The molecule has 0 N–H and O–H groups in total. The summed E-state index contributed by atoms with van der Waals surface area (Å²) in [5.41, 5.74) is -0.375. The summed E-state index contributed by atoms with van der Waals surface area (Å²) in [6, 6.07) is 5.95. The Balaban J connectivity index is 2.61. The summed E-state index contributed by atoms with van der Waals surface area (Å²) in [6.07, 6.45) is -3.84. The molecule has 0 aliphatic carbocycles. The molecule has 0 saturated heterocycles. The van der Waals surface area contributed by atoms with Crippen molar-refractivity contribution in [2.75, 3.05) is 7.11 Å². The van der Waals surface area contributed by atoms with Crippen molar-refractivity contribution >= 4 is 23.2 Å². The number of benzene rings is 1. The van der Waals surface area contributed by atoms with E-state index in [1.807, 2.05) is 0 Å². The quantitative estimate of drug-likeness (QED) is 0.769. The third kappa shape index (κ3) is 2.83. The van der Waals surface area contributed by atoms with Gasteiger partial charge in [-0.3, -0.25) is 4.98 Å². The minimum Gasteiger partial charge on any atom is -0.496 e. The number of methoxy groups -OCH3 is 1. The van der Waals surface area contributed by atoms with Crippen LogP contribution in [-0.4, -0.2) is 12.1 Å². The van der Waals surface area contributed by atoms with Gasteiger partial charge in [-0.2, -0.15) is 13.2 Å². The van der Waals surface area contributed by atoms with Crippen LogP contribution in [0.1, 0.15) is 5.56 Å². The number of pyridine rings is 1. The minimum absolute atomic E-state index is 0.213. The predicted molar refractivity (Wildman–Crippen MR) is 71.2 cm³/mol. The maximum atomic E-state index is 12.8. The molecule has 0 atom stereocenters. The van der Waals surface area contributed by atoms with Crippen LogP contribution in [0.5, 0.6) is 5.75 Å². The zero-order valence-electron chi connectivity index (χ0n) is 10.1. The van der Waals surface area contributed by atoms with E-state index in [2.05, 4.69) is 4.98 Å². The molecular formula is C13H8Cl2F3NO. The molecule has 2 aromatic rings. The predicted octanol–water partition coefficient (Wildman–Crippen LogP) is 5.08. The van der Waals surface area contributed by atoms with Gasteiger partial charge in [-0.15, -0.1) is 0 Å². The summed E-state index contributed by atoms with van der Waals surface area (Å²) in [5, 5.41) is 0.596. The van der Waals surface area contributed by atoms with Crippen LogP contribution < -0.4 is 4.74 Å². The van der Waals surface area contributed by atoms with Crippen molar-refractivity contribution in [1.82, 2.24) is 4.98 Å². The number of hydrogen-bond donors (Lipinski definition) is 0. The molecule has 2 nitrogen and oxygen atoms in total. The molecule has 0 unspecified atom stereocenters. The average Bonchev–Trinajstić information content (AvgIpc) is 2.37. The van der Waals surface area contributed by atoms with E-state index >= 15 is 0 Å². The number of aromatic nitrogens is 1. The van der Waals surface area contributed by atoms with Crippen molar-refractivity contribution in [2.24, 2.45) is 0 Å². The van der Waals surface area contributed by atoms with E-state index in [1.54, 1.807) is 18.2 Å². The molecule has 0 aliphatic rings. The fourth-order valence-electron chi connectivity index (χ4n) is 1.70. The van der Waals surface area contributed by atoms with Gasteiger partial charge in [0.2, 0.25) is 0 Å². The molecule has 106 valence electrons. The van der Waals surface area contributed by atoms with Crippen LogP contribution in [0.25, 0.3) is 11.3 Å². The Kier molecular flexibility index (Phi) is 4.11. The summed E-state index contributed by atoms with van der Waals surface area (Å²) in [6.45, 7) is 0. The van der Waals surface area contributed by atoms with Crippen LogP contribution in [0.15, 0.2) is 30.5 Å².